The number of hydrogen-bond donors (Lipinski definition) is 2. The Morgan fingerprint density at radius 2 is 2.00 bits per heavy atom. The van der Waals surface area contributed by atoms with Gasteiger partial charge in [0.2, 0.25) is 0 Å². The van der Waals surface area contributed by atoms with Gasteiger partial charge in [-0.15, -0.1) is 0 Å². The Labute approximate surface area is 124 Å². The maximum atomic E-state index is 12.0. The smallest absolute Gasteiger partial charge is 0.253 e. The molecule has 0 saturated carbocycles. The molecule has 1 fully saturated rings. The van der Waals surface area contributed by atoms with Crippen LogP contribution in [-0.2, 0) is 9.53 Å². The summed E-state index contributed by atoms with van der Waals surface area (Å²) in [7, 11) is 1.62. The largest absolute Gasteiger partial charge is 0.491 e. The van der Waals surface area contributed by atoms with Crippen molar-refractivity contribution in [2.45, 2.75) is 26.0 Å². The van der Waals surface area contributed by atoms with Crippen LogP contribution in [-0.4, -0.2) is 38.2 Å². The van der Waals surface area contributed by atoms with Crippen LogP contribution in [0.25, 0.3) is 0 Å². The summed E-state index contributed by atoms with van der Waals surface area (Å²) in [5, 5.41) is 5.79. The molecule has 1 heterocycles. The fourth-order valence-corrected chi connectivity index (χ4v) is 2.01. The zero-order valence-corrected chi connectivity index (χ0v) is 12.6. The van der Waals surface area contributed by atoms with Crippen LogP contribution in [0.15, 0.2) is 29.3 Å². The first-order chi connectivity index (χ1) is 10.1. The van der Waals surface area contributed by atoms with E-state index in [1.807, 2.05) is 38.1 Å². The van der Waals surface area contributed by atoms with Gasteiger partial charge in [-0.3, -0.25) is 15.1 Å². The number of amides is 1. The van der Waals surface area contributed by atoms with Gasteiger partial charge in [0.15, 0.2) is 5.96 Å². The first-order valence-electron chi connectivity index (χ1n) is 6.97. The Bertz CT molecular complexity index is 511. The van der Waals surface area contributed by atoms with Crippen LogP contribution in [0.5, 0.6) is 5.75 Å². The number of guanidine groups is 1. The van der Waals surface area contributed by atoms with Crippen molar-refractivity contribution in [3.63, 3.8) is 0 Å². The van der Waals surface area contributed by atoms with Crippen molar-refractivity contribution in [2.75, 3.05) is 20.3 Å². The zero-order valence-electron chi connectivity index (χ0n) is 12.6. The highest BCUT2D eigenvalue weighted by Crippen LogP contribution is 2.20. The van der Waals surface area contributed by atoms with Gasteiger partial charge >= 0.3 is 0 Å². The minimum absolute atomic E-state index is 0.108. The highest BCUT2D eigenvalue weighted by atomic mass is 16.5. The number of aliphatic imine (C=N–C) groups is 1. The van der Waals surface area contributed by atoms with E-state index in [1.165, 1.54) is 0 Å². The topological polar surface area (TPSA) is 72.0 Å². The van der Waals surface area contributed by atoms with E-state index in [9.17, 15) is 4.79 Å². The Hall–Kier alpha value is -2.08. The number of methoxy groups -OCH3 is 1. The summed E-state index contributed by atoms with van der Waals surface area (Å²) in [6.07, 6.45) is 0.128. The molecule has 21 heavy (non-hydrogen) atoms. The summed E-state index contributed by atoms with van der Waals surface area (Å²) in [6.45, 7) is 4.98. The van der Waals surface area contributed by atoms with Gasteiger partial charge in [-0.25, -0.2) is 0 Å². The van der Waals surface area contributed by atoms with Crippen LogP contribution in [0.2, 0.25) is 0 Å². The molecule has 0 bridgehead atoms. The molecule has 1 unspecified atom stereocenters. The summed E-state index contributed by atoms with van der Waals surface area (Å²) < 4.78 is 10.5. The van der Waals surface area contributed by atoms with Gasteiger partial charge in [0, 0.05) is 7.11 Å². The molecule has 1 saturated heterocycles. The van der Waals surface area contributed by atoms with Crippen molar-refractivity contribution in [2.24, 2.45) is 4.99 Å². The average Bonchev–Trinajstić information content (AvgIpc) is 2.80. The van der Waals surface area contributed by atoms with Gasteiger partial charge < -0.3 is 14.8 Å². The molecular formula is C15H21N3O3. The second kappa shape index (κ2) is 7.08. The molecule has 1 atom stereocenters. The number of nitrogens with zero attached hydrogens (tertiary/aromatic N) is 1. The summed E-state index contributed by atoms with van der Waals surface area (Å²) >= 11 is 0. The van der Waals surface area contributed by atoms with Gasteiger partial charge in [-0.05, 0) is 31.5 Å². The van der Waals surface area contributed by atoms with Crippen LogP contribution in [0, 0.1) is 0 Å². The molecular weight excluding hydrogens is 270 g/mol. The minimum Gasteiger partial charge on any atom is -0.491 e. The maximum absolute atomic E-state index is 12.0. The SMILES string of the molecule is COCCN=C1NC(=O)C(c2ccc(OC(C)C)cc2)N1. The van der Waals surface area contributed by atoms with E-state index in [0.717, 1.165) is 11.3 Å². The Morgan fingerprint density at radius 1 is 1.29 bits per heavy atom. The van der Waals surface area contributed by atoms with Crippen molar-refractivity contribution < 1.29 is 14.3 Å². The Balaban J connectivity index is 2.01. The van der Waals surface area contributed by atoms with Gasteiger partial charge in [0.1, 0.15) is 11.8 Å². The average molecular weight is 291 g/mol. The predicted molar refractivity (Wildman–Crippen MR) is 80.4 cm³/mol. The van der Waals surface area contributed by atoms with Crippen LogP contribution in [0.1, 0.15) is 25.5 Å². The van der Waals surface area contributed by atoms with Crippen LogP contribution < -0.4 is 15.4 Å². The number of carbonyl (C=O) groups is 1. The number of carbonyl (C=O) groups excluding carboxylic acids is 1. The fraction of sp³-hybridized carbons (Fsp3) is 0.467. The van der Waals surface area contributed by atoms with Gasteiger partial charge in [0.05, 0.1) is 19.3 Å². The molecule has 0 radical (unpaired) electrons. The third-order valence-corrected chi connectivity index (χ3v) is 2.94. The highest BCUT2D eigenvalue weighted by Gasteiger charge is 2.29. The Morgan fingerprint density at radius 3 is 2.62 bits per heavy atom. The lowest BCUT2D eigenvalue weighted by molar-refractivity contribution is -0.120. The monoisotopic (exact) mass is 291 g/mol. The van der Waals surface area contributed by atoms with E-state index in [0.29, 0.717) is 19.1 Å². The third kappa shape index (κ3) is 4.19. The fourth-order valence-electron chi connectivity index (χ4n) is 2.01. The zero-order chi connectivity index (χ0) is 15.2. The number of benzene rings is 1. The maximum Gasteiger partial charge on any atom is 0.253 e. The van der Waals surface area contributed by atoms with Gasteiger partial charge in [0.25, 0.3) is 5.91 Å². The molecule has 2 rings (SSSR count). The molecule has 0 aliphatic carbocycles. The number of rotatable bonds is 6. The van der Waals surface area contributed by atoms with E-state index in [-0.39, 0.29) is 12.0 Å². The van der Waals surface area contributed by atoms with E-state index < -0.39 is 6.04 Å². The van der Waals surface area contributed by atoms with Gasteiger partial charge in [-0.2, -0.15) is 0 Å². The summed E-state index contributed by atoms with van der Waals surface area (Å²) in [5.41, 5.74) is 0.876. The molecule has 1 aliphatic heterocycles. The molecule has 1 amide bonds. The third-order valence-electron chi connectivity index (χ3n) is 2.94. The highest BCUT2D eigenvalue weighted by molar-refractivity contribution is 6.06. The molecule has 2 N–H and O–H groups in total. The van der Waals surface area contributed by atoms with Crippen molar-refractivity contribution in [1.82, 2.24) is 10.6 Å². The predicted octanol–water partition coefficient (Wildman–Crippen LogP) is 1.24. The first kappa shape index (κ1) is 15.3. The Kier molecular flexibility index (Phi) is 5.16. The number of hydrogen-bond acceptors (Lipinski definition) is 4. The second-order valence-electron chi connectivity index (χ2n) is 5.03. The van der Waals surface area contributed by atoms with Crippen LogP contribution in [0.3, 0.4) is 0 Å². The molecule has 1 aliphatic rings. The molecule has 114 valence electrons. The van der Waals surface area contributed by atoms with E-state index in [4.69, 9.17) is 9.47 Å². The number of nitrogens with one attached hydrogen (secondary N) is 2. The standard InChI is InChI=1S/C15H21N3O3/c1-10(2)21-12-6-4-11(5-7-12)13-14(19)18-15(17-13)16-8-9-20-3/h4-7,10,13H,8-9H2,1-3H3,(H2,16,17,18,19). The van der Waals surface area contributed by atoms with Crippen molar-refractivity contribution >= 4 is 11.9 Å². The summed E-state index contributed by atoms with van der Waals surface area (Å²) in [4.78, 5) is 16.2. The van der Waals surface area contributed by atoms with Crippen LogP contribution in [0.4, 0.5) is 0 Å². The quantitative estimate of drug-likeness (QED) is 0.774. The van der Waals surface area contributed by atoms with Crippen LogP contribution >= 0.6 is 0 Å². The summed E-state index contributed by atoms with van der Waals surface area (Å²) in [6, 6.07) is 7.08. The van der Waals surface area contributed by atoms with Gasteiger partial charge in [-0.1, -0.05) is 12.1 Å². The normalized spacial score (nSPS) is 19.7. The molecule has 1 aromatic carbocycles. The second-order valence-corrected chi connectivity index (χ2v) is 5.03. The molecule has 6 nitrogen and oxygen atoms in total. The lowest BCUT2D eigenvalue weighted by atomic mass is 10.1. The van der Waals surface area contributed by atoms with E-state index >= 15 is 0 Å². The van der Waals surface area contributed by atoms with Crippen molar-refractivity contribution in [1.29, 1.82) is 0 Å². The lowest BCUT2D eigenvalue weighted by Crippen LogP contribution is -2.26. The number of ether oxygens (including phenoxy) is 2. The first-order valence-corrected chi connectivity index (χ1v) is 6.97. The van der Waals surface area contributed by atoms with Crippen molar-refractivity contribution in [3.8, 4) is 5.75 Å². The molecule has 0 aromatic heterocycles. The molecule has 0 spiro atoms. The van der Waals surface area contributed by atoms with Crippen molar-refractivity contribution in [3.05, 3.63) is 29.8 Å². The molecule has 1 aromatic rings. The molecule has 6 heteroatoms. The lowest BCUT2D eigenvalue weighted by Gasteiger charge is -2.12. The minimum atomic E-state index is -0.417. The van der Waals surface area contributed by atoms with E-state index in [1.54, 1.807) is 7.11 Å². The summed E-state index contributed by atoms with van der Waals surface area (Å²) in [5.74, 6) is 1.18. The van der Waals surface area contributed by atoms with E-state index in [2.05, 4.69) is 15.6 Å².